The molecule has 0 bridgehead atoms. The summed E-state index contributed by atoms with van der Waals surface area (Å²) in [5, 5.41) is 20.9. The molecule has 7 unspecified atom stereocenters. The van der Waals surface area contributed by atoms with Crippen molar-refractivity contribution in [1.82, 2.24) is 4.98 Å². The lowest BCUT2D eigenvalue weighted by molar-refractivity contribution is -0.0823. The monoisotopic (exact) mass is 395 g/mol. The zero-order valence-electron chi connectivity index (χ0n) is 18.1. The molecule has 0 saturated heterocycles. The second-order valence-corrected chi connectivity index (χ2v) is 10.3. The van der Waals surface area contributed by atoms with Gasteiger partial charge in [-0.15, -0.1) is 0 Å². The van der Waals surface area contributed by atoms with Gasteiger partial charge in [0.25, 0.3) is 0 Å². The van der Waals surface area contributed by atoms with Crippen molar-refractivity contribution in [3.05, 3.63) is 48.3 Å². The Hall–Kier alpha value is -1.45. The smallest absolute Gasteiger partial charge is 0.0546 e. The van der Waals surface area contributed by atoms with Crippen LogP contribution in [0.15, 0.2) is 42.8 Å². The van der Waals surface area contributed by atoms with E-state index in [1.807, 2.05) is 12.3 Å². The van der Waals surface area contributed by atoms with Crippen LogP contribution in [-0.2, 0) is 0 Å². The second-order valence-electron chi connectivity index (χ2n) is 10.3. The molecule has 1 aromatic heterocycles. The lowest BCUT2D eigenvalue weighted by atomic mass is 9.49. The summed E-state index contributed by atoms with van der Waals surface area (Å²) in [4.78, 5) is 4.22. The van der Waals surface area contributed by atoms with Gasteiger partial charge < -0.3 is 10.2 Å². The van der Waals surface area contributed by atoms with Crippen LogP contribution >= 0.6 is 0 Å². The van der Waals surface area contributed by atoms with E-state index < -0.39 is 0 Å². The first-order chi connectivity index (χ1) is 13.9. The topological polar surface area (TPSA) is 53.4 Å². The number of rotatable bonds is 4. The Balaban J connectivity index is 1.63. The maximum Gasteiger partial charge on any atom is 0.0546 e. The lowest BCUT2D eigenvalue weighted by Crippen LogP contribution is -2.50. The van der Waals surface area contributed by atoms with E-state index in [9.17, 15) is 10.2 Å². The molecule has 0 spiro atoms. The number of fused-ring (bicyclic) bond motifs is 1. The zero-order valence-corrected chi connectivity index (χ0v) is 18.1. The highest BCUT2D eigenvalue weighted by molar-refractivity contribution is 5.48. The summed E-state index contributed by atoms with van der Waals surface area (Å²) in [6.45, 7) is 9.48. The van der Waals surface area contributed by atoms with Crippen LogP contribution < -0.4 is 0 Å². The maximum absolute atomic E-state index is 10.5. The van der Waals surface area contributed by atoms with Gasteiger partial charge in [-0.25, -0.2) is 0 Å². The number of pyridine rings is 1. The summed E-state index contributed by atoms with van der Waals surface area (Å²) in [5.41, 5.74) is 2.82. The van der Waals surface area contributed by atoms with Gasteiger partial charge in [-0.3, -0.25) is 4.98 Å². The van der Waals surface area contributed by atoms with E-state index in [0.29, 0.717) is 23.7 Å². The zero-order chi connectivity index (χ0) is 20.6. The van der Waals surface area contributed by atoms with Crippen molar-refractivity contribution >= 4 is 6.08 Å². The minimum absolute atomic E-state index is 0.108. The minimum atomic E-state index is -0.223. The van der Waals surface area contributed by atoms with Gasteiger partial charge in [0.1, 0.15) is 0 Å². The van der Waals surface area contributed by atoms with E-state index >= 15 is 0 Å². The number of aliphatic hydroxyl groups excluding tert-OH is 2. The molecule has 2 N–H and O–H groups in total. The molecule has 158 valence electrons. The summed E-state index contributed by atoms with van der Waals surface area (Å²) >= 11 is 0. The molecule has 1 aromatic rings. The number of aliphatic hydroxyl groups is 2. The molecule has 4 rings (SSSR count). The Labute approximate surface area is 176 Å². The average molecular weight is 396 g/mol. The Morgan fingerprint density at radius 3 is 2.76 bits per heavy atom. The molecule has 7 atom stereocenters. The van der Waals surface area contributed by atoms with Crippen molar-refractivity contribution in [3.8, 4) is 0 Å². The second kappa shape index (κ2) is 8.00. The highest BCUT2D eigenvalue weighted by atomic mass is 16.3. The number of hydrogen-bond donors (Lipinski definition) is 2. The van der Waals surface area contributed by atoms with Gasteiger partial charge in [0.05, 0.1) is 6.10 Å². The van der Waals surface area contributed by atoms with E-state index in [-0.39, 0.29) is 23.5 Å². The maximum atomic E-state index is 10.5. The molecule has 0 aliphatic heterocycles. The fourth-order valence-electron chi connectivity index (χ4n) is 7.07. The fraction of sp³-hybridized carbons (Fsp3) is 0.654. The van der Waals surface area contributed by atoms with Crippen LogP contribution in [-0.4, -0.2) is 27.9 Å². The fourth-order valence-corrected chi connectivity index (χ4v) is 7.07. The summed E-state index contributed by atoms with van der Waals surface area (Å²) in [7, 11) is 0. The molecule has 3 fully saturated rings. The van der Waals surface area contributed by atoms with Crippen molar-refractivity contribution in [2.45, 2.75) is 64.9 Å². The molecule has 3 nitrogen and oxygen atoms in total. The van der Waals surface area contributed by atoms with E-state index in [0.717, 1.165) is 37.7 Å². The van der Waals surface area contributed by atoms with Crippen LogP contribution in [0, 0.1) is 34.5 Å². The van der Waals surface area contributed by atoms with Crippen LogP contribution in [0.25, 0.3) is 6.08 Å². The number of allylic oxidation sites excluding steroid dienone is 2. The molecule has 1 heterocycles. The molecule has 3 aliphatic rings. The van der Waals surface area contributed by atoms with Crippen LogP contribution in [0.5, 0.6) is 0 Å². The third-order valence-electron chi connectivity index (χ3n) is 9.04. The van der Waals surface area contributed by atoms with Crippen LogP contribution in [0.4, 0.5) is 0 Å². The molecule has 0 radical (unpaired) electrons. The molecule has 3 saturated carbocycles. The summed E-state index contributed by atoms with van der Waals surface area (Å²) in [6.07, 6.45) is 15.3. The average Bonchev–Trinajstić information content (AvgIpc) is 3.03. The van der Waals surface area contributed by atoms with E-state index in [1.165, 1.54) is 18.4 Å². The van der Waals surface area contributed by atoms with Gasteiger partial charge in [-0.2, -0.15) is 0 Å². The Morgan fingerprint density at radius 2 is 2.03 bits per heavy atom. The highest BCUT2D eigenvalue weighted by Gasteiger charge is 2.56. The standard InChI is InChI=1S/C26H37NO2/c1-18-6-9-23-22(17-28)24(11-13-25(18,23)2)26(3)12-10-21(29)15-20(26)8-7-19-5-4-14-27-16-19/h4-5,7-8,14,16,20-24,28-29H,1,6,9-13,15,17H2,2-3H3. The first kappa shape index (κ1) is 20.8. The van der Waals surface area contributed by atoms with Crippen molar-refractivity contribution in [3.63, 3.8) is 0 Å². The molecule has 29 heavy (non-hydrogen) atoms. The Morgan fingerprint density at radius 1 is 1.21 bits per heavy atom. The van der Waals surface area contributed by atoms with Crippen molar-refractivity contribution in [2.75, 3.05) is 6.61 Å². The normalized spacial score (nSPS) is 42.9. The van der Waals surface area contributed by atoms with E-state index in [4.69, 9.17) is 0 Å². The summed E-state index contributed by atoms with van der Waals surface area (Å²) in [5.74, 6) is 1.69. The van der Waals surface area contributed by atoms with Crippen LogP contribution in [0.2, 0.25) is 0 Å². The van der Waals surface area contributed by atoms with E-state index in [1.54, 1.807) is 6.20 Å². The van der Waals surface area contributed by atoms with Crippen molar-refractivity contribution < 1.29 is 10.2 Å². The molecule has 0 aromatic carbocycles. The molecular weight excluding hydrogens is 358 g/mol. The number of nitrogens with zero attached hydrogens (tertiary/aromatic N) is 1. The summed E-state index contributed by atoms with van der Waals surface area (Å²) in [6, 6.07) is 4.04. The van der Waals surface area contributed by atoms with Gasteiger partial charge in [0.15, 0.2) is 0 Å². The number of hydrogen-bond acceptors (Lipinski definition) is 3. The van der Waals surface area contributed by atoms with Gasteiger partial charge >= 0.3 is 0 Å². The van der Waals surface area contributed by atoms with Gasteiger partial charge in [-0.05, 0) is 91.1 Å². The van der Waals surface area contributed by atoms with Crippen molar-refractivity contribution in [1.29, 1.82) is 0 Å². The van der Waals surface area contributed by atoms with E-state index in [2.05, 4.69) is 43.6 Å². The molecule has 0 amide bonds. The molecular formula is C26H37NO2. The van der Waals surface area contributed by atoms with Gasteiger partial charge in [0, 0.05) is 19.0 Å². The largest absolute Gasteiger partial charge is 0.396 e. The third-order valence-corrected chi connectivity index (χ3v) is 9.04. The van der Waals surface area contributed by atoms with Crippen LogP contribution in [0.3, 0.4) is 0 Å². The predicted octanol–water partition coefficient (Wildman–Crippen LogP) is 5.25. The van der Waals surface area contributed by atoms with Gasteiger partial charge in [-0.1, -0.05) is 44.2 Å². The van der Waals surface area contributed by atoms with Crippen LogP contribution in [0.1, 0.15) is 64.4 Å². The Bertz CT molecular complexity index is 759. The number of aromatic nitrogens is 1. The molecule has 3 aliphatic carbocycles. The lowest BCUT2D eigenvalue weighted by Gasteiger charge is -2.56. The third kappa shape index (κ3) is 3.61. The first-order valence-electron chi connectivity index (χ1n) is 11.4. The minimum Gasteiger partial charge on any atom is -0.396 e. The first-order valence-corrected chi connectivity index (χ1v) is 11.4. The summed E-state index contributed by atoms with van der Waals surface area (Å²) < 4.78 is 0. The predicted molar refractivity (Wildman–Crippen MR) is 118 cm³/mol. The molecule has 3 heteroatoms. The quantitative estimate of drug-likeness (QED) is 0.684. The van der Waals surface area contributed by atoms with Crippen molar-refractivity contribution in [2.24, 2.45) is 34.5 Å². The highest BCUT2D eigenvalue weighted by Crippen LogP contribution is 2.63. The van der Waals surface area contributed by atoms with Gasteiger partial charge in [0.2, 0.25) is 0 Å². The Kier molecular flexibility index (Phi) is 5.74. The SMILES string of the molecule is C=C1CCC2C(CO)C(C3(C)CCC(O)CC3C=Cc3cccnc3)CCC12C.